The average Bonchev–Trinajstić information content (AvgIpc) is 2.76. The van der Waals surface area contributed by atoms with Gasteiger partial charge in [-0.1, -0.05) is 29.8 Å². The Hall–Kier alpha value is -1.06. The van der Waals surface area contributed by atoms with Gasteiger partial charge < -0.3 is 10.1 Å². The lowest BCUT2D eigenvalue weighted by Crippen LogP contribution is -2.45. The van der Waals surface area contributed by atoms with Crippen molar-refractivity contribution >= 4 is 17.6 Å². The van der Waals surface area contributed by atoms with E-state index in [4.69, 9.17) is 16.3 Å². The summed E-state index contributed by atoms with van der Waals surface area (Å²) in [5, 5.41) is 3.81. The highest BCUT2D eigenvalue weighted by Gasteiger charge is 2.37. The maximum atomic E-state index is 11.9. The summed E-state index contributed by atoms with van der Waals surface area (Å²) in [6, 6.07) is 7.39. The molecule has 0 radical (unpaired) electrons. The molecule has 2 rings (SSSR count). The molecule has 1 heterocycles. The number of esters is 1. The van der Waals surface area contributed by atoms with Crippen LogP contribution < -0.4 is 5.32 Å². The van der Waals surface area contributed by atoms with E-state index in [0.29, 0.717) is 5.02 Å². The Bertz CT molecular complexity index is 414. The van der Waals surface area contributed by atoms with Crippen molar-refractivity contribution in [3.05, 3.63) is 34.9 Å². The van der Waals surface area contributed by atoms with Crippen LogP contribution in [0, 0.1) is 0 Å². The molecule has 1 unspecified atom stereocenters. The minimum Gasteiger partial charge on any atom is -0.459 e. The van der Waals surface area contributed by atoms with Crippen LogP contribution in [0.25, 0.3) is 0 Å². The number of benzene rings is 1. The van der Waals surface area contributed by atoms with Crippen LogP contribution in [0.3, 0.4) is 0 Å². The largest absolute Gasteiger partial charge is 0.459 e. The number of hydrogen-bond donors (Lipinski definition) is 1. The first kappa shape index (κ1) is 12.4. The summed E-state index contributed by atoms with van der Waals surface area (Å²) >= 11 is 6.00. The molecular weight excluding hydrogens is 238 g/mol. The van der Waals surface area contributed by atoms with Crippen LogP contribution in [-0.2, 0) is 16.1 Å². The van der Waals surface area contributed by atoms with Gasteiger partial charge in [0.05, 0.1) is 0 Å². The van der Waals surface area contributed by atoms with Crippen molar-refractivity contribution < 1.29 is 9.53 Å². The van der Waals surface area contributed by atoms with Crippen LogP contribution in [0.15, 0.2) is 24.3 Å². The molecule has 0 amide bonds. The van der Waals surface area contributed by atoms with Crippen molar-refractivity contribution in [3.8, 4) is 0 Å². The highest BCUT2D eigenvalue weighted by atomic mass is 35.5. The number of rotatable bonds is 3. The van der Waals surface area contributed by atoms with Crippen molar-refractivity contribution in [3.63, 3.8) is 0 Å². The topological polar surface area (TPSA) is 38.3 Å². The minimum atomic E-state index is -0.527. The smallest absolute Gasteiger partial charge is 0.326 e. The Morgan fingerprint density at radius 2 is 2.29 bits per heavy atom. The van der Waals surface area contributed by atoms with Gasteiger partial charge in [-0.3, -0.25) is 4.79 Å². The number of nitrogens with one attached hydrogen (secondary N) is 1. The van der Waals surface area contributed by atoms with E-state index in [1.54, 1.807) is 6.07 Å². The summed E-state index contributed by atoms with van der Waals surface area (Å²) in [7, 11) is 0. The van der Waals surface area contributed by atoms with Gasteiger partial charge in [-0.2, -0.15) is 0 Å². The fourth-order valence-electron chi connectivity index (χ4n) is 1.99. The standard InChI is InChI=1S/C13H16ClNO2/c1-13(7-4-8-15-13)12(16)17-9-10-5-2-3-6-11(10)14/h2-3,5-6,15H,4,7-9H2,1H3. The molecule has 0 saturated carbocycles. The minimum absolute atomic E-state index is 0.199. The van der Waals surface area contributed by atoms with Crippen LogP contribution >= 0.6 is 11.6 Å². The van der Waals surface area contributed by atoms with E-state index < -0.39 is 5.54 Å². The fraction of sp³-hybridized carbons (Fsp3) is 0.462. The van der Waals surface area contributed by atoms with Crippen LogP contribution in [-0.4, -0.2) is 18.1 Å². The Morgan fingerprint density at radius 1 is 1.53 bits per heavy atom. The summed E-state index contributed by atoms with van der Waals surface area (Å²) in [5.74, 6) is -0.199. The molecule has 3 nitrogen and oxygen atoms in total. The molecule has 92 valence electrons. The van der Waals surface area contributed by atoms with Crippen molar-refractivity contribution in [1.82, 2.24) is 5.32 Å². The third-order valence-corrected chi connectivity index (χ3v) is 3.50. The summed E-state index contributed by atoms with van der Waals surface area (Å²) < 4.78 is 5.31. The quantitative estimate of drug-likeness (QED) is 0.842. The third kappa shape index (κ3) is 2.79. The molecule has 1 N–H and O–H groups in total. The maximum Gasteiger partial charge on any atom is 0.326 e. The SMILES string of the molecule is CC1(C(=O)OCc2ccccc2Cl)CCCN1. The first-order valence-electron chi connectivity index (χ1n) is 5.77. The number of carbonyl (C=O) groups excluding carboxylic acids is 1. The Balaban J connectivity index is 1.94. The number of halogens is 1. The lowest BCUT2D eigenvalue weighted by atomic mass is 10.0. The third-order valence-electron chi connectivity index (χ3n) is 3.14. The van der Waals surface area contributed by atoms with Crippen LogP contribution in [0.5, 0.6) is 0 Å². The monoisotopic (exact) mass is 253 g/mol. The zero-order valence-electron chi connectivity index (χ0n) is 9.83. The zero-order chi connectivity index (χ0) is 12.3. The molecule has 1 aromatic carbocycles. The van der Waals surface area contributed by atoms with Gasteiger partial charge in [-0.05, 0) is 32.4 Å². The molecule has 1 fully saturated rings. The number of carbonyl (C=O) groups is 1. The molecule has 1 saturated heterocycles. The molecule has 1 aliphatic heterocycles. The summed E-state index contributed by atoms with van der Waals surface area (Å²) in [6.45, 7) is 2.99. The highest BCUT2D eigenvalue weighted by Crippen LogP contribution is 2.22. The van der Waals surface area contributed by atoms with E-state index in [1.165, 1.54) is 0 Å². The molecule has 0 spiro atoms. The summed E-state index contributed by atoms with van der Waals surface area (Å²) in [6.07, 6.45) is 1.84. The molecule has 1 aromatic rings. The molecule has 1 aliphatic rings. The predicted molar refractivity (Wildman–Crippen MR) is 66.9 cm³/mol. The highest BCUT2D eigenvalue weighted by molar-refractivity contribution is 6.31. The van der Waals surface area contributed by atoms with E-state index >= 15 is 0 Å². The van der Waals surface area contributed by atoms with Crippen molar-refractivity contribution in [2.75, 3.05) is 6.54 Å². The zero-order valence-corrected chi connectivity index (χ0v) is 10.6. The van der Waals surface area contributed by atoms with Gasteiger partial charge in [0.25, 0.3) is 0 Å². The Kier molecular flexibility index (Phi) is 3.69. The molecular formula is C13H16ClNO2. The van der Waals surface area contributed by atoms with Gasteiger partial charge in [-0.15, -0.1) is 0 Å². The van der Waals surface area contributed by atoms with E-state index in [2.05, 4.69) is 5.32 Å². The van der Waals surface area contributed by atoms with Crippen molar-refractivity contribution in [1.29, 1.82) is 0 Å². The van der Waals surface area contributed by atoms with Crippen molar-refractivity contribution in [2.24, 2.45) is 0 Å². The maximum absolute atomic E-state index is 11.9. The summed E-state index contributed by atoms with van der Waals surface area (Å²) in [5.41, 5.74) is 0.311. The van der Waals surface area contributed by atoms with E-state index in [1.807, 2.05) is 25.1 Å². The molecule has 0 aromatic heterocycles. The summed E-state index contributed by atoms with van der Waals surface area (Å²) in [4.78, 5) is 11.9. The van der Waals surface area contributed by atoms with Crippen LogP contribution in [0.2, 0.25) is 5.02 Å². The molecule has 0 bridgehead atoms. The number of ether oxygens (including phenoxy) is 1. The molecule has 1 atom stereocenters. The second-order valence-electron chi connectivity index (χ2n) is 4.53. The predicted octanol–water partition coefficient (Wildman–Crippen LogP) is 2.53. The van der Waals surface area contributed by atoms with E-state index in [9.17, 15) is 4.79 Å². The van der Waals surface area contributed by atoms with Gasteiger partial charge >= 0.3 is 5.97 Å². The Labute approximate surface area is 106 Å². The average molecular weight is 254 g/mol. The van der Waals surface area contributed by atoms with Gasteiger partial charge in [0.15, 0.2) is 0 Å². The van der Waals surface area contributed by atoms with Gasteiger partial charge in [0.1, 0.15) is 12.1 Å². The normalized spacial score (nSPS) is 23.6. The lowest BCUT2D eigenvalue weighted by molar-refractivity contribution is -0.151. The Morgan fingerprint density at radius 3 is 2.94 bits per heavy atom. The van der Waals surface area contributed by atoms with Crippen LogP contribution in [0.4, 0.5) is 0 Å². The fourth-order valence-corrected chi connectivity index (χ4v) is 2.18. The lowest BCUT2D eigenvalue weighted by Gasteiger charge is -2.22. The molecule has 4 heteroatoms. The van der Waals surface area contributed by atoms with Crippen molar-refractivity contribution in [2.45, 2.75) is 31.9 Å². The van der Waals surface area contributed by atoms with Gasteiger partial charge in [-0.25, -0.2) is 0 Å². The number of hydrogen-bond acceptors (Lipinski definition) is 3. The van der Waals surface area contributed by atoms with E-state index in [0.717, 1.165) is 24.9 Å². The van der Waals surface area contributed by atoms with Gasteiger partial charge in [0, 0.05) is 10.6 Å². The molecule has 0 aliphatic carbocycles. The van der Waals surface area contributed by atoms with Crippen LogP contribution in [0.1, 0.15) is 25.3 Å². The molecule has 17 heavy (non-hydrogen) atoms. The second-order valence-corrected chi connectivity index (χ2v) is 4.94. The first-order chi connectivity index (χ1) is 8.12. The van der Waals surface area contributed by atoms with E-state index in [-0.39, 0.29) is 12.6 Å². The van der Waals surface area contributed by atoms with Gasteiger partial charge in [0.2, 0.25) is 0 Å². The first-order valence-corrected chi connectivity index (χ1v) is 6.15. The second kappa shape index (κ2) is 5.07.